The molecule has 0 bridgehead atoms. The largest absolute Gasteiger partial charge is 0.319 e. The fraction of sp³-hybridized carbons (Fsp3) is 0. The van der Waals surface area contributed by atoms with Crippen molar-refractivity contribution in [2.45, 2.75) is 0 Å². The monoisotopic (exact) mass is 351 g/mol. The molecular formula is C18H11F2N5O. The Morgan fingerprint density at radius 1 is 1.04 bits per heavy atom. The van der Waals surface area contributed by atoms with E-state index in [-0.39, 0.29) is 5.69 Å². The summed E-state index contributed by atoms with van der Waals surface area (Å²) in [5.74, 6) is -0.993. The summed E-state index contributed by atoms with van der Waals surface area (Å²) in [6.45, 7) is 0. The van der Waals surface area contributed by atoms with Crippen molar-refractivity contribution >= 4 is 17.4 Å². The van der Waals surface area contributed by atoms with E-state index in [9.17, 15) is 13.6 Å². The molecule has 128 valence electrons. The van der Waals surface area contributed by atoms with E-state index in [0.29, 0.717) is 23.2 Å². The highest BCUT2D eigenvalue weighted by atomic mass is 19.1. The van der Waals surface area contributed by atoms with Gasteiger partial charge in [0.25, 0.3) is 11.7 Å². The molecular weight excluding hydrogens is 340 g/mol. The fourth-order valence-electron chi connectivity index (χ4n) is 2.50. The summed E-state index contributed by atoms with van der Waals surface area (Å²) in [5, 5.41) is 10.5. The van der Waals surface area contributed by atoms with Crippen molar-refractivity contribution in [3.63, 3.8) is 0 Å². The summed E-state index contributed by atoms with van der Waals surface area (Å²) in [4.78, 5) is 16.3. The highest BCUT2D eigenvalue weighted by Gasteiger charge is 2.12. The van der Waals surface area contributed by atoms with Gasteiger partial charge in [-0.25, -0.2) is 13.8 Å². The molecule has 0 saturated heterocycles. The van der Waals surface area contributed by atoms with Gasteiger partial charge in [0, 0.05) is 29.6 Å². The van der Waals surface area contributed by atoms with E-state index in [4.69, 9.17) is 0 Å². The zero-order valence-electron chi connectivity index (χ0n) is 13.2. The minimum absolute atomic E-state index is 0.0880. The van der Waals surface area contributed by atoms with E-state index < -0.39 is 17.5 Å². The SMILES string of the molecule is O=C(Nc1ccc(F)cc1F)c1ccc(-c2nnc3ncccn23)cc1. The van der Waals surface area contributed by atoms with Gasteiger partial charge in [-0.3, -0.25) is 9.20 Å². The minimum atomic E-state index is -0.836. The van der Waals surface area contributed by atoms with Crippen molar-refractivity contribution in [1.82, 2.24) is 19.6 Å². The lowest BCUT2D eigenvalue weighted by molar-refractivity contribution is 0.102. The molecule has 2 aromatic carbocycles. The lowest BCUT2D eigenvalue weighted by Gasteiger charge is -2.07. The maximum absolute atomic E-state index is 13.6. The average Bonchev–Trinajstić information content (AvgIpc) is 3.08. The summed E-state index contributed by atoms with van der Waals surface area (Å²) < 4.78 is 28.3. The smallest absolute Gasteiger partial charge is 0.255 e. The zero-order valence-corrected chi connectivity index (χ0v) is 13.2. The average molecular weight is 351 g/mol. The summed E-state index contributed by atoms with van der Waals surface area (Å²) in [6, 6.07) is 11.3. The van der Waals surface area contributed by atoms with E-state index >= 15 is 0 Å². The van der Waals surface area contributed by atoms with Gasteiger partial charge in [0.15, 0.2) is 5.82 Å². The van der Waals surface area contributed by atoms with Gasteiger partial charge in [0.1, 0.15) is 11.6 Å². The Kier molecular flexibility index (Phi) is 3.85. The van der Waals surface area contributed by atoms with Crippen LogP contribution in [0.2, 0.25) is 0 Å². The summed E-state index contributed by atoms with van der Waals surface area (Å²) in [6.07, 6.45) is 3.41. The van der Waals surface area contributed by atoms with Crippen LogP contribution in [0.15, 0.2) is 60.9 Å². The molecule has 1 amide bonds. The van der Waals surface area contributed by atoms with Crippen LogP contribution >= 0.6 is 0 Å². The van der Waals surface area contributed by atoms with Gasteiger partial charge in [-0.1, -0.05) is 12.1 Å². The maximum atomic E-state index is 13.6. The lowest BCUT2D eigenvalue weighted by Crippen LogP contribution is -2.13. The van der Waals surface area contributed by atoms with Crippen LogP contribution in [-0.2, 0) is 0 Å². The predicted octanol–water partition coefficient (Wildman–Crippen LogP) is 3.32. The first kappa shape index (κ1) is 15.8. The molecule has 0 aliphatic heterocycles. The Balaban J connectivity index is 1.58. The fourth-order valence-corrected chi connectivity index (χ4v) is 2.50. The molecule has 0 fully saturated rings. The molecule has 0 spiro atoms. The molecule has 2 heterocycles. The van der Waals surface area contributed by atoms with Crippen LogP contribution in [0.5, 0.6) is 0 Å². The van der Waals surface area contributed by atoms with Gasteiger partial charge >= 0.3 is 0 Å². The number of nitrogens with zero attached hydrogens (tertiary/aromatic N) is 4. The first-order chi connectivity index (χ1) is 12.6. The van der Waals surface area contributed by atoms with E-state index in [1.54, 1.807) is 47.1 Å². The van der Waals surface area contributed by atoms with Crippen molar-refractivity contribution in [1.29, 1.82) is 0 Å². The number of halogens is 2. The van der Waals surface area contributed by atoms with Crippen LogP contribution in [0.1, 0.15) is 10.4 Å². The Morgan fingerprint density at radius 3 is 2.62 bits per heavy atom. The van der Waals surface area contributed by atoms with E-state index in [1.165, 1.54) is 6.07 Å². The van der Waals surface area contributed by atoms with Gasteiger partial charge in [-0.15, -0.1) is 10.2 Å². The van der Waals surface area contributed by atoms with Crippen LogP contribution in [0, 0.1) is 11.6 Å². The standard InChI is InChI=1S/C18H11F2N5O/c19-13-6-7-15(14(20)10-13)22-17(26)12-4-2-11(3-5-12)16-23-24-18-21-8-1-9-25(16)18/h1-10H,(H,22,26). The summed E-state index contributed by atoms with van der Waals surface area (Å²) in [7, 11) is 0. The predicted molar refractivity (Wildman–Crippen MR) is 90.5 cm³/mol. The van der Waals surface area contributed by atoms with Crippen molar-refractivity contribution < 1.29 is 13.6 Å². The molecule has 0 aliphatic carbocycles. The Labute approximate surface area is 146 Å². The van der Waals surface area contributed by atoms with Crippen molar-refractivity contribution in [3.05, 3.63) is 78.1 Å². The first-order valence-electron chi connectivity index (χ1n) is 7.64. The number of carbonyl (C=O) groups excluding carboxylic acids is 1. The molecule has 0 unspecified atom stereocenters. The van der Waals surface area contributed by atoms with Gasteiger partial charge in [0.2, 0.25) is 0 Å². The molecule has 26 heavy (non-hydrogen) atoms. The number of amides is 1. The molecule has 2 aromatic heterocycles. The third-order valence-electron chi connectivity index (χ3n) is 3.77. The number of rotatable bonds is 3. The molecule has 0 saturated carbocycles. The highest BCUT2D eigenvalue weighted by Crippen LogP contribution is 2.20. The molecule has 0 radical (unpaired) electrons. The second-order valence-electron chi connectivity index (χ2n) is 5.47. The van der Waals surface area contributed by atoms with Gasteiger partial charge in [-0.05, 0) is 30.3 Å². The number of carbonyl (C=O) groups is 1. The van der Waals surface area contributed by atoms with Crippen molar-refractivity contribution in [3.8, 4) is 11.4 Å². The number of benzene rings is 2. The molecule has 8 heteroatoms. The second-order valence-corrected chi connectivity index (χ2v) is 5.47. The third kappa shape index (κ3) is 2.88. The molecule has 1 N–H and O–H groups in total. The van der Waals surface area contributed by atoms with E-state index in [1.807, 2.05) is 0 Å². The van der Waals surface area contributed by atoms with Crippen LogP contribution < -0.4 is 5.32 Å². The van der Waals surface area contributed by atoms with Gasteiger partial charge < -0.3 is 5.32 Å². The van der Waals surface area contributed by atoms with Gasteiger partial charge in [-0.2, -0.15) is 0 Å². The Morgan fingerprint density at radius 2 is 1.85 bits per heavy atom. The highest BCUT2D eigenvalue weighted by molar-refractivity contribution is 6.04. The minimum Gasteiger partial charge on any atom is -0.319 e. The van der Waals surface area contributed by atoms with E-state index in [2.05, 4.69) is 20.5 Å². The van der Waals surface area contributed by atoms with Crippen LogP contribution in [0.3, 0.4) is 0 Å². The maximum Gasteiger partial charge on any atom is 0.255 e. The Hall–Kier alpha value is -3.68. The summed E-state index contributed by atoms with van der Waals surface area (Å²) >= 11 is 0. The van der Waals surface area contributed by atoms with Crippen LogP contribution in [0.25, 0.3) is 17.2 Å². The summed E-state index contributed by atoms with van der Waals surface area (Å²) in [5.41, 5.74) is 0.981. The van der Waals surface area contributed by atoms with Crippen molar-refractivity contribution in [2.75, 3.05) is 5.32 Å². The molecule has 6 nitrogen and oxygen atoms in total. The number of hydrogen-bond acceptors (Lipinski definition) is 4. The Bertz CT molecular complexity index is 1110. The normalized spacial score (nSPS) is 10.8. The first-order valence-corrected chi connectivity index (χ1v) is 7.64. The number of hydrogen-bond donors (Lipinski definition) is 1. The number of fused-ring (bicyclic) bond motifs is 1. The zero-order chi connectivity index (χ0) is 18.1. The number of anilines is 1. The topological polar surface area (TPSA) is 72.2 Å². The molecule has 4 rings (SSSR count). The van der Waals surface area contributed by atoms with Crippen LogP contribution in [-0.4, -0.2) is 25.5 Å². The van der Waals surface area contributed by atoms with E-state index in [0.717, 1.165) is 11.6 Å². The lowest BCUT2D eigenvalue weighted by atomic mass is 10.1. The molecule has 0 atom stereocenters. The van der Waals surface area contributed by atoms with Gasteiger partial charge in [0.05, 0.1) is 5.69 Å². The third-order valence-corrected chi connectivity index (χ3v) is 3.77. The molecule has 0 aliphatic rings. The number of nitrogens with one attached hydrogen (secondary N) is 1. The second kappa shape index (κ2) is 6.32. The quantitative estimate of drug-likeness (QED) is 0.615. The van der Waals surface area contributed by atoms with Crippen LogP contribution in [0.4, 0.5) is 14.5 Å². The molecule has 4 aromatic rings. The number of aromatic nitrogens is 4. The van der Waals surface area contributed by atoms with Crippen molar-refractivity contribution in [2.24, 2.45) is 0 Å².